The Kier molecular flexibility index (Phi) is 5.59. The smallest absolute Gasteiger partial charge is 0.325 e. The van der Waals surface area contributed by atoms with Crippen LogP contribution in [0.3, 0.4) is 0 Å². The normalized spacial score (nSPS) is 12.3. The molecule has 0 saturated carbocycles. The molecular weight excluding hydrogens is 248 g/mol. The van der Waals surface area contributed by atoms with Gasteiger partial charge in [0.25, 0.3) is 0 Å². The van der Waals surface area contributed by atoms with Gasteiger partial charge in [0.1, 0.15) is 12.6 Å². The largest absolute Gasteiger partial charge is 0.493 e. The molecule has 0 aliphatic heterocycles. The van der Waals surface area contributed by atoms with Crippen molar-refractivity contribution in [2.75, 3.05) is 34.4 Å². The predicted octanol–water partition coefficient (Wildman–Crippen LogP) is 0.720. The fraction of sp³-hybridized carbons (Fsp3) is 0.462. The molecule has 0 spiro atoms. The molecule has 0 bridgehead atoms. The molecule has 1 rings (SSSR count). The van der Waals surface area contributed by atoms with E-state index >= 15 is 0 Å². The quantitative estimate of drug-likeness (QED) is 0.758. The zero-order valence-corrected chi connectivity index (χ0v) is 11.4. The van der Waals surface area contributed by atoms with Crippen LogP contribution in [-0.2, 0) is 4.79 Å². The number of carboxylic acid groups (broad SMARTS) is 1. The second-order valence-corrected chi connectivity index (χ2v) is 4.38. The standard InChI is InChI=1S/C13H20N2O4/c1-15(2)6-7-19-10-5-4-9(8-11(10)18-3)12(14)13(16)17/h4-5,8,12H,6-7,14H2,1-3H3,(H,16,17). The third-order valence-electron chi connectivity index (χ3n) is 2.61. The lowest BCUT2D eigenvalue weighted by Gasteiger charge is -2.15. The summed E-state index contributed by atoms with van der Waals surface area (Å²) in [7, 11) is 5.41. The first kappa shape index (κ1) is 15.3. The molecular formula is C13H20N2O4. The molecule has 0 saturated heterocycles. The summed E-state index contributed by atoms with van der Waals surface area (Å²) in [5, 5.41) is 8.87. The van der Waals surface area contributed by atoms with E-state index in [0.717, 1.165) is 6.54 Å². The Morgan fingerprint density at radius 3 is 2.63 bits per heavy atom. The van der Waals surface area contributed by atoms with Crippen LogP contribution in [0.15, 0.2) is 18.2 Å². The van der Waals surface area contributed by atoms with Crippen LogP contribution in [0, 0.1) is 0 Å². The molecule has 0 fully saturated rings. The minimum absolute atomic E-state index is 0.476. The summed E-state index contributed by atoms with van der Waals surface area (Å²) in [5.41, 5.74) is 6.02. The zero-order valence-electron chi connectivity index (χ0n) is 11.4. The van der Waals surface area contributed by atoms with Crippen molar-refractivity contribution < 1.29 is 19.4 Å². The van der Waals surface area contributed by atoms with E-state index in [0.29, 0.717) is 23.7 Å². The first-order valence-corrected chi connectivity index (χ1v) is 5.89. The first-order chi connectivity index (χ1) is 8.95. The van der Waals surface area contributed by atoms with Crippen molar-refractivity contribution in [3.63, 3.8) is 0 Å². The van der Waals surface area contributed by atoms with Crippen LogP contribution in [0.25, 0.3) is 0 Å². The summed E-state index contributed by atoms with van der Waals surface area (Å²) in [6.45, 7) is 1.30. The molecule has 6 nitrogen and oxygen atoms in total. The number of hydrogen-bond donors (Lipinski definition) is 2. The van der Waals surface area contributed by atoms with Gasteiger partial charge in [0.15, 0.2) is 11.5 Å². The highest BCUT2D eigenvalue weighted by molar-refractivity contribution is 5.75. The minimum Gasteiger partial charge on any atom is -0.493 e. The lowest BCUT2D eigenvalue weighted by atomic mass is 10.1. The third-order valence-corrected chi connectivity index (χ3v) is 2.61. The number of ether oxygens (including phenoxy) is 2. The van der Waals surface area contributed by atoms with Gasteiger partial charge in [0.2, 0.25) is 0 Å². The van der Waals surface area contributed by atoms with E-state index in [-0.39, 0.29) is 0 Å². The second-order valence-electron chi connectivity index (χ2n) is 4.38. The zero-order chi connectivity index (χ0) is 14.4. The van der Waals surface area contributed by atoms with Crippen molar-refractivity contribution in [3.8, 4) is 11.5 Å². The molecule has 106 valence electrons. The van der Waals surface area contributed by atoms with Gasteiger partial charge in [-0.25, -0.2) is 0 Å². The highest BCUT2D eigenvalue weighted by Gasteiger charge is 2.16. The van der Waals surface area contributed by atoms with Crippen LogP contribution in [0.2, 0.25) is 0 Å². The van der Waals surface area contributed by atoms with Crippen molar-refractivity contribution in [2.45, 2.75) is 6.04 Å². The number of hydrogen-bond acceptors (Lipinski definition) is 5. The molecule has 1 atom stereocenters. The number of likely N-dealkylation sites (N-methyl/N-ethyl adjacent to an activating group) is 1. The molecule has 0 heterocycles. The van der Waals surface area contributed by atoms with E-state index in [2.05, 4.69) is 0 Å². The average Bonchev–Trinajstić information content (AvgIpc) is 2.37. The predicted molar refractivity (Wildman–Crippen MR) is 71.6 cm³/mol. The van der Waals surface area contributed by atoms with Crippen LogP contribution in [0.4, 0.5) is 0 Å². The van der Waals surface area contributed by atoms with Gasteiger partial charge in [-0.3, -0.25) is 4.79 Å². The number of carboxylic acids is 1. The fourth-order valence-corrected chi connectivity index (χ4v) is 1.48. The molecule has 3 N–H and O–H groups in total. The van der Waals surface area contributed by atoms with E-state index in [1.807, 2.05) is 19.0 Å². The van der Waals surface area contributed by atoms with Gasteiger partial charge in [-0.2, -0.15) is 0 Å². The number of methoxy groups -OCH3 is 1. The second kappa shape index (κ2) is 6.96. The highest BCUT2D eigenvalue weighted by Crippen LogP contribution is 2.29. The molecule has 1 unspecified atom stereocenters. The molecule has 1 aromatic rings. The van der Waals surface area contributed by atoms with Crippen LogP contribution in [0.5, 0.6) is 11.5 Å². The monoisotopic (exact) mass is 268 g/mol. The highest BCUT2D eigenvalue weighted by atomic mass is 16.5. The van der Waals surface area contributed by atoms with Crippen LogP contribution >= 0.6 is 0 Å². The van der Waals surface area contributed by atoms with Gasteiger partial charge in [-0.15, -0.1) is 0 Å². The maximum absolute atomic E-state index is 10.8. The van der Waals surface area contributed by atoms with Crippen LogP contribution < -0.4 is 15.2 Å². The molecule has 1 aromatic carbocycles. The summed E-state index contributed by atoms with van der Waals surface area (Å²) in [6.07, 6.45) is 0. The Balaban J connectivity index is 2.81. The maximum Gasteiger partial charge on any atom is 0.325 e. The van der Waals surface area contributed by atoms with Crippen molar-refractivity contribution in [1.82, 2.24) is 4.90 Å². The first-order valence-electron chi connectivity index (χ1n) is 5.89. The molecule has 19 heavy (non-hydrogen) atoms. The van der Waals surface area contributed by atoms with Gasteiger partial charge in [-0.05, 0) is 31.8 Å². The summed E-state index contributed by atoms with van der Waals surface area (Å²) in [6, 6.07) is 3.83. The Labute approximate surface area is 112 Å². The van der Waals surface area contributed by atoms with Crippen molar-refractivity contribution in [1.29, 1.82) is 0 Å². The minimum atomic E-state index is -1.08. The lowest BCUT2D eigenvalue weighted by molar-refractivity contribution is -0.138. The van der Waals surface area contributed by atoms with Crippen LogP contribution in [-0.4, -0.2) is 50.3 Å². The van der Waals surface area contributed by atoms with Crippen molar-refractivity contribution in [2.24, 2.45) is 5.73 Å². The molecule has 0 aliphatic rings. The van der Waals surface area contributed by atoms with Gasteiger partial charge in [0, 0.05) is 6.54 Å². The van der Waals surface area contributed by atoms with Crippen molar-refractivity contribution >= 4 is 5.97 Å². The number of benzene rings is 1. The average molecular weight is 268 g/mol. The van der Waals surface area contributed by atoms with E-state index < -0.39 is 12.0 Å². The number of nitrogens with zero attached hydrogens (tertiary/aromatic N) is 1. The van der Waals surface area contributed by atoms with Gasteiger partial charge >= 0.3 is 5.97 Å². The van der Waals surface area contributed by atoms with Crippen LogP contribution in [0.1, 0.15) is 11.6 Å². The molecule has 0 amide bonds. The number of nitrogens with two attached hydrogens (primary N) is 1. The number of rotatable bonds is 7. The summed E-state index contributed by atoms with van der Waals surface area (Å²) < 4.78 is 10.8. The molecule has 0 radical (unpaired) electrons. The van der Waals surface area contributed by atoms with E-state index in [9.17, 15) is 4.79 Å². The molecule has 6 heteroatoms. The SMILES string of the molecule is COc1cc(C(N)C(=O)O)ccc1OCCN(C)C. The third kappa shape index (κ3) is 4.42. The number of aliphatic carboxylic acids is 1. The Bertz CT molecular complexity index is 435. The summed E-state index contributed by atoms with van der Waals surface area (Å²) >= 11 is 0. The molecule has 0 aromatic heterocycles. The summed E-state index contributed by atoms with van der Waals surface area (Å²) in [4.78, 5) is 12.8. The van der Waals surface area contributed by atoms with Gasteiger partial charge < -0.3 is 25.2 Å². The number of carbonyl (C=O) groups is 1. The van der Waals surface area contributed by atoms with Gasteiger partial charge in [0.05, 0.1) is 7.11 Å². The van der Waals surface area contributed by atoms with Gasteiger partial charge in [-0.1, -0.05) is 6.07 Å². The Morgan fingerprint density at radius 2 is 2.11 bits per heavy atom. The van der Waals surface area contributed by atoms with E-state index in [1.54, 1.807) is 18.2 Å². The molecule has 0 aliphatic carbocycles. The van der Waals surface area contributed by atoms with E-state index in [1.165, 1.54) is 7.11 Å². The topological polar surface area (TPSA) is 85.0 Å². The Hall–Kier alpha value is -1.79. The lowest BCUT2D eigenvalue weighted by Crippen LogP contribution is -2.21. The summed E-state index contributed by atoms with van der Waals surface area (Å²) in [5.74, 6) is -0.0259. The fourth-order valence-electron chi connectivity index (χ4n) is 1.48. The maximum atomic E-state index is 10.8. The van der Waals surface area contributed by atoms with E-state index in [4.69, 9.17) is 20.3 Å². The van der Waals surface area contributed by atoms with Crippen molar-refractivity contribution in [3.05, 3.63) is 23.8 Å². The Morgan fingerprint density at radius 1 is 1.42 bits per heavy atom.